The van der Waals surface area contributed by atoms with Gasteiger partial charge in [0.25, 0.3) is 5.69 Å². The van der Waals surface area contributed by atoms with Gasteiger partial charge in [-0.1, -0.05) is 12.1 Å². The van der Waals surface area contributed by atoms with Crippen molar-refractivity contribution in [2.24, 2.45) is 0 Å². The molecule has 5 nitrogen and oxygen atoms in total. The zero-order valence-electron chi connectivity index (χ0n) is 8.18. The molecule has 0 unspecified atom stereocenters. The Morgan fingerprint density at radius 1 is 1.47 bits per heavy atom. The van der Waals surface area contributed by atoms with Crippen molar-refractivity contribution >= 4 is 5.69 Å². The maximum Gasteiger partial charge on any atom is 0.274 e. The van der Waals surface area contributed by atoms with Crippen molar-refractivity contribution in [1.82, 2.24) is 5.32 Å². The van der Waals surface area contributed by atoms with Crippen LogP contribution in [0.25, 0.3) is 0 Å². The summed E-state index contributed by atoms with van der Waals surface area (Å²) >= 11 is 0. The molecule has 1 saturated heterocycles. The quantitative estimate of drug-likeness (QED) is 0.594. The van der Waals surface area contributed by atoms with Crippen LogP contribution in [0.4, 0.5) is 5.69 Å². The molecule has 0 aliphatic carbocycles. The summed E-state index contributed by atoms with van der Waals surface area (Å²) in [5.41, 5.74) is 0.763. The van der Waals surface area contributed by atoms with Gasteiger partial charge in [0.2, 0.25) is 0 Å². The molecule has 1 N–H and O–H groups in total. The first-order valence-electron chi connectivity index (χ1n) is 4.82. The Morgan fingerprint density at radius 3 is 2.80 bits per heavy atom. The summed E-state index contributed by atoms with van der Waals surface area (Å²) in [5.74, 6) is 0. The minimum absolute atomic E-state index is 0.129. The minimum atomic E-state index is -0.377. The number of hydrogen-bond donors (Lipinski definition) is 1. The van der Waals surface area contributed by atoms with E-state index in [-0.39, 0.29) is 16.7 Å². The van der Waals surface area contributed by atoms with E-state index in [0.29, 0.717) is 12.2 Å². The number of ether oxygens (including phenoxy) is 1. The molecule has 2 rings (SSSR count). The second-order valence-electron chi connectivity index (χ2n) is 3.48. The molecule has 15 heavy (non-hydrogen) atoms. The van der Waals surface area contributed by atoms with Crippen molar-refractivity contribution in [3.63, 3.8) is 0 Å². The van der Waals surface area contributed by atoms with Gasteiger partial charge in [-0.15, -0.1) is 0 Å². The summed E-state index contributed by atoms with van der Waals surface area (Å²) in [7, 11) is 0. The van der Waals surface area contributed by atoms with E-state index in [4.69, 9.17) is 4.74 Å². The third-order valence-electron chi connectivity index (χ3n) is 2.41. The molecule has 1 aliphatic rings. The van der Waals surface area contributed by atoms with Crippen LogP contribution in [0.5, 0.6) is 0 Å². The van der Waals surface area contributed by atoms with Crippen molar-refractivity contribution in [2.75, 3.05) is 13.1 Å². The molecule has 5 heteroatoms. The summed E-state index contributed by atoms with van der Waals surface area (Å²) in [5, 5.41) is 13.8. The Balaban J connectivity index is 2.02. The van der Waals surface area contributed by atoms with Crippen LogP contribution in [0, 0.1) is 10.1 Å². The number of nitrogens with zero attached hydrogens (tertiary/aromatic N) is 1. The molecule has 0 atom stereocenters. The highest BCUT2D eigenvalue weighted by atomic mass is 16.6. The summed E-state index contributed by atoms with van der Waals surface area (Å²) in [6, 6.07) is 6.67. The van der Waals surface area contributed by atoms with Gasteiger partial charge in [0.15, 0.2) is 0 Å². The van der Waals surface area contributed by atoms with Gasteiger partial charge < -0.3 is 10.1 Å². The third-order valence-corrected chi connectivity index (χ3v) is 2.41. The Hall–Kier alpha value is -1.46. The minimum Gasteiger partial charge on any atom is -0.371 e. The largest absolute Gasteiger partial charge is 0.371 e. The first kappa shape index (κ1) is 10.1. The van der Waals surface area contributed by atoms with Gasteiger partial charge in [0.05, 0.1) is 23.2 Å². The molecule has 0 bridgehead atoms. The third kappa shape index (κ3) is 2.31. The topological polar surface area (TPSA) is 64.4 Å². The lowest BCUT2D eigenvalue weighted by molar-refractivity contribution is -0.386. The lowest BCUT2D eigenvalue weighted by Crippen LogP contribution is -2.48. The fraction of sp³-hybridized carbons (Fsp3) is 0.400. The second kappa shape index (κ2) is 4.37. The summed E-state index contributed by atoms with van der Waals surface area (Å²) in [6.07, 6.45) is 0.199. The maximum absolute atomic E-state index is 10.7. The number of nitro benzene ring substituents is 1. The number of rotatable bonds is 4. The highest BCUT2D eigenvalue weighted by Crippen LogP contribution is 2.19. The number of benzene rings is 1. The van der Waals surface area contributed by atoms with Gasteiger partial charge >= 0.3 is 0 Å². The zero-order chi connectivity index (χ0) is 10.7. The maximum atomic E-state index is 10.7. The molecule has 0 spiro atoms. The van der Waals surface area contributed by atoms with E-state index < -0.39 is 0 Å². The molecule has 0 saturated carbocycles. The van der Waals surface area contributed by atoms with E-state index in [1.54, 1.807) is 18.2 Å². The van der Waals surface area contributed by atoms with Crippen LogP contribution >= 0.6 is 0 Å². The van der Waals surface area contributed by atoms with E-state index in [1.165, 1.54) is 6.07 Å². The standard InChI is InChI=1S/C10H12N2O3/c13-12(14)10-4-2-1-3-8(10)7-15-9-5-11-6-9/h1-4,9,11H,5-7H2. The van der Waals surface area contributed by atoms with Crippen LogP contribution in [0.15, 0.2) is 24.3 Å². The molecule has 1 aromatic carbocycles. The van der Waals surface area contributed by atoms with Gasteiger partial charge in [0, 0.05) is 19.2 Å². The smallest absolute Gasteiger partial charge is 0.274 e. The molecule has 1 aromatic rings. The van der Waals surface area contributed by atoms with E-state index in [0.717, 1.165) is 13.1 Å². The van der Waals surface area contributed by atoms with Crippen molar-refractivity contribution < 1.29 is 9.66 Å². The zero-order valence-corrected chi connectivity index (χ0v) is 8.18. The van der Waals surface area contributed by atoms with Crippen LogP contribution in [-0.2, 0) is 11.3 Å². The number of nitro groups is 1. The molecule has 1 aliphatic heterocycles. The molecular formula is C10H12N2O3. The van der Waals surface area contributed by atoms with Crippen LogP contribution in [-0.4, -0.2) is 24.1 Å². The van der Waals surface area contributed by atoms with Gasteiger partial charge in [-0.25, -0.2) is 0 Å². The van der Waals surface area contributed by atoms with Crippen molar-refractivity contribution in [3.05, 3.63) is 39.9 Å². The Kier molecular flexibility index (Phi) is 2.94. The summed E-state index contributed by atoms with van der Waals surface area (Å²) in [6.45, 7) is 1.98. The average Bonchev–Trinajstić information content (AvgIpc) is 2.16. The fourth-order valence-corrected chi connectivity index (χ4v) is 1.40. The SMILES string of the molecule is O=[N+]([O-])c1ccccc1COC1CNC1. The lowest BCUT2D eigenvalue weighted by Gasteiger charge is -2.26. The number of hydrogen-bond acceptors (Lipinski definition) is 4. The number of nitrogens with one attached hydrogen (secondary N) is 1. The van der Waals surface area contributed by atoms with E-state index in [1.807, 2.05) is 0 Å². The van der Waals surface area contributed by atoms with E-state index in [2.05, 4.69) is 5.32 Å². The first-order valence-corrected chi connectivity index (χ1v) is 4.82. The molecule has 80 valence electrons. The van der Waals surface area contributed by atoms with Gasteiger partial charge in [0.1, 0.15) is 0 Å². The predicted molar refractivity (Wildman–Crippen MR) is 54.5 cm³/mol. The average molecular weight is 208 g/mol. The molecule has 1 heterocycles. The number of para-hydroxylation sites is 1. The normalized spacial score (nSPS) is 16.0. The molecule has 0 amide bonds. The van der Waals surface area contributed by atoms with E-state index in [9.17, 15) is 10.1 Å². The fourth-order valence-electron chi connectivity index (χ4n) is 1.40. The van der Waals surface area contributed by atoms with Crippen LogP contribution in [0.3, 0.4) is 0 Å². The predicted octanol–water partition coefficient (Wildman–Crippen LogP) is 1.08. The van der Waals surface area contributed by atoms with Gasteiger partial charge in [-0.3, -0.25) is 10.1 Å². The lowest BCUT2D eigenvalue weighted by atomic mass is 10.2. The van der Waals surface area contributed by atoms with E-state index >= 15 is 0 Å². The van der Waals surface area contributed by atoms with Crippen molar-refractivity contribution in [3.8, 4) is 0 Å². The highest BCUT2D eigenvalue weighted by molar-refractivity contribution is 5.39. The summed E-state index contributed by atoms with van der Waals surface area (Å²) in [4.78, 5) is 10.3. The Bertz CT molecular complexity index is 363. The van der Waals surface area contributed by atoms with Crippen LogP contribution < -0.4 is 5.32 Å². The Morgan fingerprint density at radius 2 is 2.20 bits per heavy atom. The molecule has 1 fully saturated rings. The van der Waals surface area contributed by atoms with Crippen molar-refractivity contribution in [1.29, 1.82) is 0 Å². The summed E-state index contributed by atoms with van der Waals surface area (Å²) < 4.78 is 5.49. The van der Waals surface area contributed by atoms with Crippen molar-refractivity contribution in [2.45, 2.75) is 12.7 Å². The van der Waals surface area contributed by atoms with Gasteiger partial charge in [-0.2, -0.15) is 0 Å². The molecule has 0 radical (unpaired) electrons. The van der Waals surface area contributed by atoms with Gasteiger partial charge in [-0.05, 0) is 6.07 Å². The molecular weight excluding hydrogens is 196 g/mol. The molecule has 0 aromatic heterocycles. The highest BCUT2D eigenvalue weighted by Gasteiger charge is 2.19. The Labute approximate surface area is 87.2 Å². The second-order valence-corrected chi connectivity index (χ2v) is 3.48. The monoisotopic (exact) mass is 208 g/mol. The van der Waals surface area contributed by atoms with Crippen LogP contribution in [0.2, 0.25) is 0 Å². The first-order chi connectivity index (χ1) is 7.27. The van der Waals surface area contributed by atoms with Crippen LogP contribution in [0.1, 0.15) is 5.56 Å².